The molecule has 3 nitrogen and oxygen atoms in total. The van der Waals surface area contributed by atoms with Crippen LogP contribution in [0.3, 0.4) is 0 Å². The summed E-state index contributed by atoms with van der Waals surface area (Å²) in [6.07, 6.45) is 0.353. The highest BCUT2D eigenvalue weighted by Crippen LogP contribution is 2.16. The Morgan fingerprint density at radius 2 is 2.13 bits per heavy atom. The van der Waals surface area contributed by atoms with Crippen molar-refractivity contribution in [3.63, 3.8) is 0 Å². The lowest BCUT2D eigenvalue weighted by molar-refractivity contribution is -0.120. The molecule has 3 N–H and O–H groups in total. The van der Waals surface area contributed by atoms with Gasteiger partial charge in [0.1, 0.15) is 0 Å². The predicted molar refractivity (Wildman–Crippen MR) is 62.6 cm³/mol. The molecule has 0 radical (unpaired) electrons. The van der Waals surface area contributed by atoms with E-state index in [0.29, 0.717) is 6.42 Å². The van der Waals surface area contributed by atoms with Gasteiger partial charge < -0.3 is 11.1 Å². The Morgan fingerprint density at radius 3 is 2.73 bits per heavy atom. The first kappa shape index (κ1) is 11.6. The van der Waals surface area contributed by atoms with Crippen LogP contribution >= 0.6 is 0 Å². The maximum absolute atomic E-state index is 11.5. The van der Waals surface area contributed by atoms with Crippen molar-refractivity contribution < 1.29 is 4.79 Å². The third-order valence-electron chi connectivity index (χ3n) is 2.22. The molecule has 0 atom stereocenters. The fourth-order valence-corrected chi connectivity index (χ4v) is 1.44. The molecule has 1 aromatic rings. The summed E-state index contributed by atoms with van der Waals surface area (Å²) in [5.41, 5.74) is 8.52. The van der Waals surface area contributed by atoms with Crippen LogP contribution in [0.1, 0.15) is 25.0 Å². The first-order valence-electron chi connectivity index (χ1n) is 5.14. The zero-order valence-corrected chi connectivity index (χ0v) is 9.50. The van der Waals surface area contributed by atoms with Gasteiger partial charge in [-0.2, -0.15) is 0 Å². The number of nitrogen functional groups attached to an aromatic ring is 1. The van der Waals surface area contributed by atoms with Crippen molar-refractivity contribution in [2.75, 3.05) is 5.73 Å². The summed E-state index contributed by atoms with van der Waals surface area (Å²) in [7, 11) is 0. The van der Waals surface area contributed by atoms with Gasteiger partial charge >= 0.3 is 0 Å². The zero-order chi connectivity index (χ0) is 11.4. The van der Waals surface area contributed by atoms with Crippen LogP contribution in [-0.4, -0.2) is 11.9 Å². The quantitative estimate of drug-likeness (QED) is 0.739. The predicted octanol–water partition coefficient (Wildman–Crippen LogP) is 1.64. The van der Waals surface area contributed by atoms with E-state index in [1.54, 1.807) is 0 Å². The van der Waals surface area contributed by atoms with Crippen LogP contribution < -0.4 is 11.1 Å². The number of rotatable bonds is 3. The van der Waals surface area contributed by atoms with Crippen LogP contribution in [0.15, 0.2) is 18.2 Å². The Morgan fingerprint density at radius 1 is 1.47 bits per heavy atom. The molecule has 1 amide bonds. The van der Waals surface area contributed by atoms with Gasteiger partial charge in [-0.3, -0.25) is 4.79 Å². The summed E-state index contributed by atoms with van der Waals surface area (Å²) in [5.74, 6) is 0.0160. The standard InChI is InChI=1S/C12H18N2O/c1-8(2)14-11(15)7-10-6-4-5-9(3)12(10)13/h4-6,8H,7,13H2,1-3H3,(H,14,15). The number of aryl methyl sites for hydroxylation is 1. The first-order valence-corrected chi connectivity index (χ1v) is 5.14. The van der Waals surface area contributed by atoms with E-state index in [4.69, 9.17) is 5.73 Å². The number of para-hydroxylation sites is 1. The topological polar surface area (TPSA) is 55.1 Å². The van der Waals surface area contributed by atoms with Crippen molar-refractivity contribution in [2.45, 2.75) is 33.2 Å². The van der Waals surface area contributed by atoms with Crippen LogP contribution in [0, 0.1) is 6.92 Å². The first-order chi connectivity index (χ1) is 7.00. The minimum absolute atomic E-state index is 0.0160. The number of carbonyl (C=O) groups is 1. The molecule has 15 heavy (non-hydrogen) atoms. The van der Waals surface area contributed by atoms with E-state index in [2.05, 4.69) is 5.32 Å². The van der Waals surface area contributed by atoms with Crippen molar-refractivity contribution in [3.05, 3.63) is 29.3 Å². The zero-order valence-electron chi connectivity index (χ0n) is 9.50. The molecule has 0 saturated carbocycles. The average Bonchev–Trinajstić information content (AvgIpc) is 2.11. The molecule has 0 aliphatic carbocycles. The Bertz CT molecular complexity index is 359. The number of hydrogen-bond donors (Lipinski definition) is 2. The van der Waals surface area contributed by atoms with Gasteiger partial charge in [-0.25, -0.2) is 0 Å². The second kappa shape index (κ2) is 4.82. The lowest BCUT2D eigenvalue weighted by atomic mass is 10.1. The molecule has 82 valence electrons. The van der Waals surface area contributed by atoms with E-state index in [1.165, 1.54) is 0 Å². The summed E-state index contributed by atoms with van der Waals surface area (Å²) < 4.78 is 0. The van der Waals surface area contributed by atoms with Crippen LogP contribution in [0.2, 0.25) is 0 Å². The molecule has 0 fully saturated rings. The van der Waals surface area contributed by atoms with Gasteiger partial charge in [0.15, 0.2) is 0 Å². The van der Waals surface area contributed by atoms with E-state index < -0.39 is 0 Å². The van der Waals surface area contributed by atoms with E-state index in [-0.39, 0.29) is 11.9 Å². The average molecular weight is 206 g/mol. The molecule has 3 heteroatoms. The van der Waals surface area contributed by atoms with Gasteiger partial charge in [-0.05, 0) is 31.9 Å². The minimum Gasteiger partial charge on any atom is -0.398 e. The highest BCUT2D eigenvalue weighted by molar-refractivity contribution is 5.80. The van der Waals surface area contributed by atoms with Gasteiger partial charge in [0, 0.05) is 11.7 Å². The van der Waals surface area contributed by atoms with Crippen LogP contribution in [0.4, 0.5) is 5.69 Å². The van der Waals surface area contributed by atoms with Crippen molar-refractivity contribution >= 4 is 11.6 Å². The van der Waals surface area contributed by atoms with Crippen molar-refractivity contribution in [3.8, 4) is 0 Å². The van der Waals surface area contributed by atoms with E-state index in [1.807, 2.05) is 39.0 Å². The molecule has 1 rings (SSSR count). The molecule has 0 bridgehead atoms. The number of hydrogen-bond acceptors (Lipinski definition) is 2. The number of benzene rings is 1. The molecule has 0 heterocycles. The van der Waals surface area contributed by atoms with Crippen LogP contribution in [0.5, 0.6) is 0 Å². The molecule has 1 aromatic carbocycles. The third kappa shape index (κ3) is 3.27. The van der Waals surface area contributed by atoms with Gasteiger partial charge in [0.25, 0.3) is 0 Å². The SMILES string of the molecule is Cc1cccc(CC(=O)NC(C)C)c1N. The molecule has 0 unspecified atom stereocenters. The maximum Gasteiger partial charge on any atom is 0.224 e. The number of nitrogens with two attached hydrogens (primary N) is 1. The molecular formula is C12H18N2O. The van der Waals surface area contributed by atoms with Crippen LogP contribution in [-0.2, 0) is 11.2 Å². The van der Waals surface area contributed by atoms with Gasteiger partial charge in [-0.15, -0.1) is 0 Å². The number of amides is 1. The summed E-state index contributed by atoms with van der Waals surface area (Å²) in [6, 6.07) is 5.93. The minimum atomic E-state index is 0.0160. The van der Waals surface area contributed by atoms with Gasteiger partial charge in [-0.1, -0.05) is 18.2 Å². The second-order valence-corrected chi connectivity index (χ2v) is 4.05. The lowest BCUT2D eigenvalue weighted by Gasteiger charge is -2.10. The van der Waals surface area contributed by atoms with Crippen LogP contribution in [0.25, 0.3) is 0 Å². The van der Waals surface area contributed by atoms with Crippen molar-refractivity contribution in [2.24, 2.45) is 0 Å². The van der Waals surface area contributed by atoms with E-state index in [9.17, 15) is 4.79 Å². The summed E-state index contributed by atoms with van der Waals surface area (Å²) >= 11 is 0. The number of carbonyl (C=O) groups excluding carboxylic acids is 1. The number of nitrogens with one attached hydrogen (secondary N) is 1. The fraction of sp³-hybridized carbons (Fsp3) is 0.417. The van der Waals surface area contributed by atoms with Crippen molar-refractivity contribution in [1.29, 1.82) is 0 Å². The van der Waals surface area contributed by atoms with E-state index >= 15 is 0 Å². The van der Waals surface area contributed by atoms with Gasteiger partial charge in [0.05, 0.1) is 6.42 Å². The molecule has 0 aliphatic heterocycles. The monoisotopic (exact) mass is 206 g/mol. The lowest BCUT2D eigenvalue weighted by Crippen LogP contribution is -2.31. The Hall–Kier alpha value is -1.51. The van der Waals surface area contributed by atoms with E-state index in [0.717, 1.165) is 16.8 Å². The Balaban J connectivity index is 2.73. The Kier molecular flexibility index (Phi) is 3.72. The summed E-state index contributed by atoms with van der Waals surface area (Å²) in [6.45, 7) is 5.83. The van der Waals surface area contributed by atoms with Gasteiger partial charge in [0.2, 0.25) is 5.91 Å². The third-order valence-corrected chi connectivity index (χ3v) is 2.22. The molecule has 0 aromatic heterocycles. The number of anilines is 1. The van der Waals surface area contributed by atoms with Crippen molar-refractivity contribution in [1.82, 2.24) is 5.32 Å². The molecule has 0 spiro atoms. The summed E-state index contributed by atoms with van der Waals surface area (Å²) in [4.78, 5) is 11.5. The highest BCUT2D eigenvalue weighted by Gasteiger charge is 2.08. The molecule has 0 saturated heterocycles. The second-order valence-electron chi connectivity index (χ2n) is 4.05. The molecule has 0 aliphatic rings. The smallest absolute Gasteiger partial charge is 0.224 e. The summed E-state index contributed by atoms with van der Waals surface area (Å²) in [5, 5.41) is 2.84. The fourth-order valence-electron chi connectivity index (χ4n) is 1.44. The highest BCUT2D eigenvalue weighted by atomic mass is 16.1. The largest absolute Gasteiger partial charge is 0.398 e. The Labute approximate surface area is 90.7 Å². The molecular weight excluding hydrogens is 188 g/mol. The normalized spacial score (nSPS) is 10.4. The maximum atomic E-state index is 11.5.